The second-order valence-corrected chi connectivity index (χ2v) is 18.2. The van der Waals surface area contributed by atoms with Crippen LogP contribution >= 0.6 is 0 Å². The molecule has 1 spiro atoms. The van der Waals surface area contributed by atoms with Crippen LogP contribution in [0.15, 0.2) is 151 Å². The monoisotopic (exact) mass is 713 g/mol. The first kappa shape index (κ1) is 33.3. The quantitative estimate of drug-likeness (QED) is 0.291. The van der Waals surface area contributed by atoms with Gasteiger partial charge < -0.3 is 14.4 Å². The SMILES string of the molecule is CC1C=CCC(N2c3cccc(C4C=CC5C(C4)OC4=CCCC=C4C54C5C=CC=CC5OC5C(C6(C)C=CCCC6)=CC=CC54)c3C3C=CC=CC32)C1. The lowest BCUT2D eigenvalue weighted by atomic mass is 9.46. The van der Waals surface area contributed by atoms with E-state index >= 15 is 0 Å². The molecule has 54 heavy (non-hydrogen) atoms. The van der Waals surface area contributed by atoms with Gasteiger partial charge in [0, 0.05) is 52.1 Å². The van der Waals surface area contributed by atoms with Crippen molar-refractivity contribution >= 4 is 5.69 Å². The maximum atomic E-state index is 7.35. The lowest BCUT2D eigenvalue weighted by Gasteiger charge is -2.64. The summed E-state index contributed by atoms with van der Waals surface area (Å²) in [6.07, 6.45) is 55.4. The first-order valence-electron chi connectivity index (χ1n) is 21.3. The summed E-state index contributed by atoms with van der Waals surface area (Å²) >= 11 is 0. The molecule has 2 fully saturated rings. The van der Waals surface area contributed by atoms with E-state index in [9.17, 15) is 0 Å². The summed E-state index contributed by atoms with van der Waals surface area (Å²) in [5, 5.41) is 0. The van der Waals surface area contributed by atoms with Crippen LogP contribution in [0.4, 0.5) is 5.69 Å². The Kier molecular flexibility index (Phi) is 7.85. The van der Waals surface area contributed by atoms with Crippen molar-refractivity contribution < 1.29 is 9.47 Å². The van der Waals surface area contributed by atoms with Gasteiger partial charge in [0.25, 0.3) is 0 Å². The molecule has 0 N–H and O–H groups in total. The highest BCUT2D eigenvalue weighted by molar-refractivity contribution is 5.70. The molecule has 1 aromatic rings. The molecule has 1 aromatic carbocycles. The van der Waals surface area contributed by atoms with Crippen LogP contribution in [0.3, 0.4) is 0 Å². The van der Waals surface area contributed by atoms with Crippen LogP contribution in [0.25, 0.3) is 0 Å². The molecule has 3 heterocycles. The van der Waals surface area contributed by atoms with E-state index in [0.717, 1.165) is 31.4 Å². The standard InChI is InChI=1S/C51H55NO2/c1-33-15-12-16-35(31-33)52-43-23-7-4-17-37(43)48-36(18-13-24-44(48)52)34-27-28-40-47(32-34)53-45-25-8-5-19-38(45)51(40)39-20-6-9-26-46(39)54-49-41(21-14-22-42(49)51)50(2)29-10-3-11-30-50/h4,6-7,9-10,12-15,17-29,33-35,37,39-40,42-43,46-47,49H,3,5,8,11,16,30-32H2,1-2H3. The van der Waals surface area contributed by atoms with Gasteiger partial charge in [-0.25, -0.2) is 0 Å². The van der Waals surface area contributed by atoms with Gasteiger partial charge in [0.05, 0.1) is 18.2 Å². The van der Waals surface area contributed by atoms with Gasteiger partial charge in [-0.05, 0) is 91.7 Å². The zero-order chi connectivity index (χ0) is 36.0. The van der Waals surface area contributed by atoms with Crippen molar-refractivity contribution in [3.8, 4) is 0 Å². The number of nitrogens with zero attached hydrogens (tertiary/aromatic N) is 1. The number of hydrogen-bond acceptors (Lipinski definition) is 3. The minimum absolute atomic E-state index is 0.0139. The highest BCUT2D eigenvalue weighted by atomic mass is 16.5. The van der Waals surface area contributed by atoms with Gasteiger partial charge in [-0.1, -0.05) is 135 Å². The third-order valence-electron chi connectivity index (χ3n) is 15.2. The van der Waals surface area contributed by atoms with Gasteiger partial charge >= 0.3 is 0 Å². The Bertz CT molecular complexity index is 2060. The summed E-state index contributed by atoms with van der Waals surface area (Å²) in [7, 11) is 0. The maximum Gasteiger partial charge on any atom is 0.119 e. The minimum atomic E-state index is -0.168. The van der Waals surface area contributed by atoms with Crippen molar-refractivity contribution in [3.63, 3.8) is 0 Å². The van der Waals surface area contributed by atoms with E-state index in [1.165, 1.54) is 48.1 Å². The van der Waals surface area contributed by atoms with Crippen LogP contribution < -0.4 is 4.90 Å². The van der Waals surface area contributed by atoms with E-state index in [4.69, 9.17) is 9.47 Å². The number of hydrogen-bond donors (Lipinski definition) is 0. The van der Waals surface area contributed by atoms with Crippen molar-refractivity contribution in [1.82, 2.24) is 0 Å². The molecule has 0 bridgehead atoms. The summed E-state index contributed by atoms with van der Waals surface area (Å²) in [5.74, 6) is 3.13. The fourth-order valence-electron chi connectivity index (χ4n) is 13.0. The smallest absolute Gasteiger partial charge is 0.119 e. The highest BCUT2D eigenvalue weighted by Crippen LogP contribution is 2.67. The zero-order valence-corrected chi connectivity index (χ0v) is 32.0. The largest absolute Gasteiger partial charge is 0.490 e. The Morgan fingerprint density at radius 3 is 2.57 bits per heavy atom. The average molecular weight is 714 g/mol. The van der Waals surface area contributed by atoms with Crippen LogP contribution in [0.1, 0.15) is 88.2 Å². The van der Waals surface area contributed by atoms with Gasteiger partial charge in [0.2, 0.25) is 0 Å². The first-order chi connectivity index (χ1) is 26.5. The van der Waals surface area contributed by atoms with E-state index in [2.05, 4.69) is 152 Å². The molecule has 3 aliphatic heterocycles. The molecule has 2 saturated heterocycles. The van der Waals surface area contributed by atoms with Gasteiger partial charge in [0.1, 0.15) is 11.9 Å². The molecular formula is C51H55NO2. The van der Waals surface area contributed by atoms with Gasteiger partial charge in [-0.15, -0.1) is 0 Å². The van der Waals surface area contributed by atoms with E-state index in [0.29, 0.717) is 29.8 Å². The number of fused-ring (bicyclic) bond motifs is 11. The predicted molar refractivity (Wildman–Crippen MR) is 220 cm³/mol. The molecule has 13 unspecified atom stereocenters. The fraction of sp³-hybridized carbons (Fsp3) is 0.451. The normalized spacial score (nSPS) is 43.3. The Morgan fingerprint density at radius 2 is 1.67 bits per heavy atom. The summed E-state index contributed by atoms with van der Waals surface area (Å²) in [5.41, 5.74) is 7.25. The second kappa shape index (κ2) is 12.7. The van der Waals surface area contributed by atoms with Crippen molar-refractivity contribution in [2.75, 3.05) is 4.90 Å². The van der Waals surface area contributed by atoms with Crippen molar-refractivity contribution in [2.45, 2.75) is 107 Å². The molecule has 11 rings (SSSR count). The van der Waals surface area contributed by atoms with E-state index in [1.54, 1.807) is 5.56 Å². The summed E-state index contributed by atoms with van der Waals surface area (Å²) in [6, 6.07) is 8.12. The summed E-state index contributed by atoms with van der Waals surface area (Å²) in [4.78, 5) is 2.79. The number of allylic oxidation sites excluding steroid dienone is 13. The van der Waals surface area contributed by atoms with Crippen molar-refractivity contribution in [3.05, 3.63) is 162 Å². The van der Waals surface area contributed by atoms with Crippen LogP contribution in [-0.4, -0.2) is 30.4 Å². The van der Waals surface area contributed by atoms with Crippen LogP contribution in [0, 0.1) is 34.5 Å². The first-order valence-corrected chi connectivity index (χ1v) is 21.3. The van der Waals surface area contributed by atoms with Crippen LogP contribution in [0.5, 0.6) is 0 Å². The van der Waals surface area contributed by atoms with Crippen LogP contribution in [-0.2, 0) is 9.47 Å². The summed E-state index contributed by atoms with van der Waals surface area (Å²) < 4.78 is 14.7. The maximum absolute atomic E-state index is 7.35. The second-order valence-electron chi connectivity index (χ2n) is 18.2. The van der Waals surface area contributed by atoms with Gasteiger partial charge in [-0.2, -0.15) is 0 Å². The Hall–Kier alpha value is -4.08. The molecule has 10 aliphatic rings. The third-order valence-corrected chi connectivity index (χ3v) is 15.2. The topological polar surface area (TPSA) is 21.7 Å². The molecule has 3 heteroatoms. The Morgan fingerprint density at radius 1 is 0.796 bits per heavy atom. The molecule has 0 saturated carbocycles. The van der Waals surface area contributed by atoms with Gasteiger partial charge in [0.15, 0.2) is 0 Å². The third kappa shape index (κ3) is 4.82. The highest BCUT2D eigenvalue weighted by Gasteiger charge is 2.65. The Labute approximate surface area is 322 Å². The predicted octanol–water partition coefficient (Wildman–Crippen LogP) is 11.5. The number of benzene rings is 1. The van der Waals surface area contributed by atoms with Crippen molar-refractivity contribution in [1.29, 1.82) is 0 Å². The molecule has 3 nitrogen and oxygen atoms in total. The molecule has 0 radical (unpaired) electrons. The lowest BCUT2D eigenvalue weighted by molar-refractivity contribution is -0.165. The molecule has 276 valence electrons. The molecule has 0 aromatic heterocycles. The summed E-state index contributed by atoms with van der Waals surface area (Å²) in [6.45, 7) is 4.84. The number of ether oxygens (including phenoxy) is 2. The van der Waals surface area contributed by atoms with Crippen molar-refractivity contribution in [2.24, 2.45) is 34.5 Å². The van der Waals surface area contributed by atoms with Crippen LogP contribution in [0.2, 0.25) is 0 Å². The van der Waals surface area contributed by atoms with Gasteiger partial charge in [-0.3, -0.25) is 0 Å². The zero-order valence-electron chi connectivity index (χ0n) is 32.0. The number of anilines is 1. The number of rotatable bonds is 3. The average Bonchev–Trinajstić information content (AvgIpc) is 3.55. The lowest BCUT2D eigenvalue weighted by Crippen LogP contribution is -2.63. The van der Waals surface area contributed by atoms with E-state index in [1.807, 2.05) is 0 Å². The van der Waals surface area contributed by atoms with E-state index in [-0.39, 0.29) is 46.9 Å². The molecular weight excluding hydrogens is 659 g/mol. The fourth-order valence-corrected chi connectivity index (χ4v) is 13.0. The molecule has 0 amide bonds. The Balaban J connectivity index is 1.03. The molecule has 13 atom stereocenters. The molecule has 7 aliphatic carbocycles. The minimum Gasteiger partial charge on any atom is -0.490 e. The van der Waals surface area contributed by atoms with E-state index < -0.39 is 0 Å².